The van der Waals surface area contributed by atoms with E-state index < -0.39 is 31.3 Å². The maximum atomic E-state index is 13.1. The van der Waals surface area contributed by atoms with Crippen LogP contribution in [0.4, 0.5) is 8.78 Å². The Morgan fingerprint density at radius 2 is 2.00 bits per heavy atom. The van der Waals surface area contributed by atoms with Crippen LogP contribution in [0.5, 0.6) is 5.75 Å². The Hall–Kier alpha value is -0.880. The zero-order chi connectivity index (χ0) is 11.6. The molecule has 0 aromatic heterocycles. The highest BCUT2D eigenvalue weighted by Gasteiger charge is 2.22. The van der Waals surface area contributed by atoms with Crippen LogP contribution in [0, 0.1) is 11.6 Å². The molecular formula is C8H7ClF2O3S. The molecule has 0 aliphatic rings. The molecule has 1 rings (SSSR count). The van der Waals surface area contributed by atoms with Gasteiger partial charge in [0, 0.05) is 16.7 Å². The van der Waals surface area contributed by atoms with Gasteiger partial charge in [-0.1, -0.05) is 0 Å². The zero-order valence-electron chi connectivity index (χ0n) is 7.63. The molecule has 1 aromatic rings. The van der Waals surface area contributed by atoms with Gasteiger partial charge in [-0.15, -0.1) is 0 Å². The predicted molar refractivity (Wildman–Crippen MR) is 50.6 cm³/mol. The van der Waals surface area contributed by atoms with Crippen molar-refractivity contribution in [3.05, 3.63) is 23.8 Å². The van der Waals surface area contributed by atoms with E-state index in [0.29, 0.717) is 12.1 Å². The lowest BCUT2D eigenvalue weighted by molar-refractivity contribution is 0.310. The summed E-state index contributed by atoms with van der Waals surface area (Å²) in [5, 5.41) is 0. The summed E-state index contributed by atoms with van der Waals surface area (Å²) in [6, 6.07) is 1.13. The van der Waals surface area contributed by atoms with Crippen LogP contribution < -0.4 is 4.74 Å². The van der Waals surface area contributed by atoms with E-state index in [1.165, 1.54) is 6.92 Å². The van der Waals surface area contributed by atoms with Crippen LogP contribution in [0.25, 0.3) is 0 Å². The van der Waals surface area contributed by atoms with Crippen LogP contribution in [-0.2, 0) is 9.05 Å². The molecule has 0 saturated carbocycles. The molecule has 0 fully saturated rings. The number of benzene rings is 1. The van der Waals surface area contributed by atoms with Crippen LogP contribution in [0.3, 0.4) is 0 Å². The molecular weight excluding hydrogens is 250 g/mol. The van der Waals surface area contributed by atoms with Crippen molar-refractivity contribution in [3.8, 4) is 5.75 Å². The highest BCUT2D eigenvalue weighted by Crippen LogP contribution is 2.30. The van der Waals surface area contributed by atoms with Crippen molar-refractivity contribution in [3.63, 3.8) is 0 Å². The molecule has 0 atom stereocenters. The molecule has 84 valence electrons. The molecule has 3 nitrogen and oxygen atoms in total. The maximum Gasteiger partial charge on any atom is 0.265 e. The highest BCUT2D eigenvalue weighted by atomic mass is 35.7. The van der Waals surface area contributed by atoms with Gasteiger partial charge in [0.1, 0.15) is 10.7 Å². The van der Waals surface area contributed by atoms with Gasteiger partial charge < -0.3 is 4.74 Å². The Bertz CT molecular complexity index is 473. The monoisotopic (exact) mass is 256 g/mol. The minimum absolute atomic E-state index is 0.0436. The molecule has 0 bridgehead atoms. The second kappa shape index (κ2) is 4.32. The van der Waals surface area contributed by atoms with Crippen molar-refractivity contribution in [1.29, 1.82) is 0 Å². The average molecular weight is 257 g/mol. The second-order valence-corrected chi connectivity index (χ2v) is 5.12. The molecule has 7 heteroatoms. The first-order valence-corrected chi connectivity index (χ1v) is 6.23. The Labute approximate surface area is 90.0 Å². The topological polar surface area (TPSA) is 43.4 Å². The summed E-state index contributed by atoms with van der Waals surface area (Å²) in [4.78, 5) is -0.705. The van der Waals surface area contributed by atoms with Crippen LogP contribution in [-0.4, -0.2) is 15.0 Å². The summed E-state index contributed by atoms with van der Waals surface area (Å²) in [6.45, 7) is 1.58. The second-order valence-electron chi connectivity index (χ2n) is 2.59. The van der Waals surface area contributed by atoms with Gasteiger partial charge in [-0.3, -0.25) is 0 Å². The van der Waals surface area contributed by atoms with E-state index in [1.807, 2.05) is 0 Å². The lowest BCUT2D eigenvalue weighted by atomic mass is 10.3. The lowest BCUT2D eigenvalue weighted by Crippen LogP contribution is -2.03. The number of ether oxygens (including phenoxy) is 1. The Morgan fingerprint density at radius 1 is 1.40 bits per heavy atom. The van der Waals surface area contributed by atoms with Crippen molar-refractivity contribution in [1.82, 2.24) is 0 Å². The number of halogens is 3. The summed E-state index contributed by atoms with van der Waals surface area (Å²) < 4.78 is 52.6. The molecule has 15 heavy (non-hydrogen) atoms. The lowest BCUT2D eigenvalue weighted by Gasteiger charge is -2.08. The van der Waals surface area contributed by atoms with Gasteiger partial charge in [-0.05, 0) is 13.0 Å². The first-order chi connectivity index (χ1) is 6.86. The molecule has 0 aliphatic carbocycles. The minimum atomic E-state index is -4.23. The van der Waals surface area contributed by atoms with Gasteiger partial charge in [0.15, 0.2) is 11.6 Å². The standard InChI is InChI=1S/C8H7ClF2O3S/c1-2-14-8-6(11)3-5(10)4-7(8)15(9,12)13/h3-4H,2H2,1H3. The van der Waals surface area contributed by atoms with Crippen molar-refractivity contribution in [2.24, 2.45) is 0 Å². The fourth-order valence-electron chi connectivity index (χ4n) is 1.00. The molecule has 0 spiro atoms. The molecule has 0 amide bonds. The molecule has 0 heterocycles. The average Bonchev–Trinajstić information content (AvgIpc) is 2.07. The Morgan fingerprint density at radius 3 is 2.47 bits per heavy atom. The summed E-state index contributed by atoms with van der Waals surface area (Å²) in [7, 11) is 0.769. The molecule has 0 radical (unpaired) electrons. The van der Waals surface area contributed by atoms with E-state index >= 15 is 0 Å². The number of hydrogen-bond acceptors (Lipinski definition) is 3. The summed E-state index contributed by atoms with van der Waals surface area (Å²) in [5.41, 5.74) is 0. The molecule has 0 aliphatic heterocycles. The third-order valence-electron chi connectivity index (χ3n) is 1.53. The van der Waals surface area contributed by atoms with E-state index in [4.69, 9.17) is 15.4 Å². The third-order valence-corrected chi connectivity index (χ3v) is 2.85. The number of hydrogen-bond donors (Lipinski definition) is 0. The fraction of sp³-hybridized carbons (Fsp3) is 0.250. The van der Waals surface area contributed by atoms with E-state index in [2.05, 4.69) is 0 Å². The van der Waals surface area contributed by atoms with Crippen LogP contribution in [0.1, 0.15) is 6.92 Å². The zero-order valence-corrected chi connectivity index (χ0v) is 9.20. The van der Waals surface area contributed by atoms with Crippen molar-refractivity contribution < 1.29 is 21.9 Å². The predicted octanol–water partition coefficient (Wildman–Crippen LogP) is 2.29. The smallest absolute Gasteiger partial charge is 0.265 e. The molecule has 0 N–H and O–H groups in total. The van der Waals surface area contributed by atoms with Crippen molar-refractivity contribution in [2.75, 3.05) is 6.61 Å². The summed E-state index contributed by atoms with van der Waals surface area (Å²) in [6.07, 6.45) is 0. The largest absolute Gasteiger partial charge is 0.489 e. The minimum Gasteiger partial charge on any atom is -0.489 e. The highest BCUT2D eigenvalue weighted by molar-refractivity contribution is 8.13. The summed E-state index contributed by atoms with van der Waals surface area (Å²) in [5.74, 6) is -2.69. The van der Waals surface area contributed by atoms with Gasteiger partial charge in [-0.2, -0.15) is 0 Å². The van der Waals surface area contributed by atoms with E-state index in [1.54, 1.807) is 0 Å². The Balaban J connectivity index is 3.47. The van der Waals surface area contributed by atoms with Crippen molar-refractivity contribution >= 4 is 19.7 Å². The molecule has 0 unspecified atom stereocenters. The van der Waals surface area contributed by atoms with Gasteiger partial charge in [0.25, 0.3) is 9.05 Å². The summed E-state index contributed by atoms with van der Waals surface area (Å²) >= 11 is 0. The van der Waals surface area contributed by atoms with E-state index in [0.717, 1.165) is 0 Å². The quantitative estimate of drug-likeness (QED) is 0.780. The third kappa shape index (κ3) is 2.79. The first-order valence-electron chi connectivity index (χ1n) is 3.92. The Kier molecular flexibility index (Phi) is 3.51. The van der Waals surface area contributed by atoms with Crippen LogP contribution in [0.15, 0.2) is 17.0 Å². The molecule has 0 saturated heterocycles. The van der Waals surface area contributed by atoms with E-state index in [-0.39, 0.29) is 6.61 Å². The fourth-order valence-corrected chi connectivity index (χ4v) is 1.98. The van der Waals surface area contributed by atoms with Gasteiger partial charge >= 0.3 is 0 Å². The van der Waals surface area contributed by atoms with E-state index in [9.17, 15) is 17.2 Å². The van der Waals surface area contributed by atoms with Gasteiger partial charge in [-0.25, -0.2) is 17.2 Å². The molecule has 1 aromatic carbocycles. The van der Waals surface area contributed by atoms with Crippen molar-refractivity contribution in [2.45, 2.75) is 11.8 Å². The normalized spacial score (nSPS) is 11.5. The van der Waals surface area contributed by atoms with Gasteiger partial charge in [0.2, 0.25) is 0 Å². The van der Waals surface area contributed by atoms with Gasteiger partial charge in [0.05, 0.1) is 6.61 Å². The van der Waals surface area contributed by atoms with Crippen LogP contribution in [0.2, 0.25) is 0 Å². The number of rotatable bonds is 3. The SMILES string of the molecule is CCOc1c(F)cc(F)cc1S(=O)(=O)Cl. The first kappa shape index (κ1) is 12.2. The maximum absolute atomic E-state index is 13.1. The van der Waals surface area contributed by atoms with Crippen LogP contribution >= 0.6 is 10.7 Å².